The minimum absolute atomic E-state index is 0.0360. The third-order valence-corrected chi connectivity index (χ3v) is 3.80. The van der Waals surface area contributed by atoms with Gasteiger partial charge >= 0.3 is 0 Å². The van der Waals surface area contributed by atoms with Gasteiger partial charge in [0.05, 0.1) is 0 Å². The largest absolute Gasteiger partial charge is 0.345 e. The van der Waals surface area contributed by atoms with Gasteiger partial charge in [0.15, 0.2) is 0 Å². The van der Waals surface area contributed by atoms with E-state index in [0.717, 1.165) is 32.4 Å². The molecule has 2 unspecified atom stereocenters. The average Bonchev–Trinajstić information content (AvgIpc) is 2.44. The monoisotopic (exact) mass is 269 g/mol. The van der Waals surface area contributed by atoms with E-state index in [0.29, 0.717) is 13.0 Å². The van der Waals surface area contributed by atoms with Gasteiger partial charge in [-0.15, -0.1) is 0 Å². The summed E-state index contributed by atoms with van der Waals surface area (Å²) in [6.07, 6.45) is 4.62. The van der Waals surface area contributed by atoms with E-state index in [4.69, 9.17) is 5.73 Å². The smallest absolute Gasteiger partial charge is 0.244 e. The number of nitrogens with two attached hydrogens (primary N) is 1. The highest BCUT2D eigenvalue weighted by molar-refractivity contribution is 5.87. The number of hydrogen-bond acceptors (Lipinski definition) is 3. The van der Waals surface area contributed by atoms with Gasteiger partial charge in [-0.25, -0.2) is 0 Å². The summed E-state index contributed by atoms with van der Waals surface area (Å²) in [6.45, 7) is 5.93. The Balaban J connectivity index is 2.38. The molecule has 0 aromatic heterocycles. The van der Waals surface area contributed by atoms with Crippen molar-refractivity contribution in [2.45, 2.75) is 52.0 Å². The molecule has 3 N–H and O–H groups in total. The van der Waals surface area contributed by atoms with Crippen LogP contribution in [0.25, 0.3) is 0 Å². The van der Waals surface area contributed by atoms with Crippen LogP contribution in [-0.4, -0.2) is 42.4 Å². The number of piperidine rings is 1. The van der Waals surface area contributed by atoms with Crippen molar-refractivity contribution in [3.05, 3.63) is 0 Å². The zero-order valence-corrected chi connectivity index (χ0v) is 12.2. The molecule has 110 valence electrons. The molecule has 5 heteroatoms. The van der Waals surface area contributed by atoms with Gasteiger partial charge in [0.2, 0.25) is 11.8 Å². The Bertz CT molecular complexity index is 297. The minimum Gasteiger partial charge on any atom is -0.345 e. The van der Waals surface area contributed by atoms with Gasteiger partial charge in [-0.2, -0.15) is 0 Å². The Labute approximate surface area is 115 Å². The highest BCUT2D eigenvalue weighted by Gasteiger charge is 2.23. The minimum atomic E-state index is -0.430. The van der Waals surface area contributed by atoms with E-state index >= 15 is 0 Å². The SMILES string of the molecule is CCC(CN)CC(=O)NC(C)C(=O)N1CCCCC1. The molecule has 0 aromatic carbocycles. The molecule has 0 saturated carbocycles. The molecule has 1 aliphatic heterocycles. The van der Waals surface area contributed by atoms with Crippen LogP contribution >= 0.6 is 0 Å². The highest BCUT2D eigenvalue weighted by Crippen LogP contribution is 2.10. The molecule has 1 rings (SSSR count). The normalized spacial score (nSPS) is 18.8. The fraction of sp³-hybridized carbons (Fsp3) is 0.857. The van der Waals surface area contributed by atoms with E-state index in [1.54, 1.807) is 6.92 Å². The second kappa shape index (κ2) is 8.15. The molecular formula is C14H27N3O2. The van der Waals surface area contributed by atoms with Gasteiger partial charge in [0, 0.05) is 19.5 Å². The van der Waals surface area contributed by atoms with Crippen LogP contribution < -0.4 is 11.1 Å². The first-order valence-electron chi connectivity index (χ1n) is 7.36. The zero-order chi connectivity index (χ0) is 14.3. The Morgan fingerprint density at radius 3 is 2.42 bits per heavy atom. The maximum absolute atomic E-state index is 12.1. The van der Waals surface area contributed by atoms with Crippen LogP contribution in [0.2, 0.25) is 0 Å². The number of carbonyl (C=O) groups is 2. The molecule has 2 atom stereocenters. The molecule has 1 saturated heterocycles. The Kier molecular flexibility index (Phi) is 6.84. The van der Waals surface area contributed by atoms with Crippen LogP contribution in [0.3, 0.4) is 0 Å². The molecule has 0 radical (unpaired) electrons. The molecule has 5 nitrogen and oxygen atoms in total. The molecule has 1 fully saturated rings. The quantitative estimate of drug-likeness (QED) is 0.751. The predicted molar refractivity (Wildman–Crippen MR) is 75.5 cm³/mol. The van der Waals surface area contributed by atoms with Gasteiger partial charge in [0.25, 0.3) is 0 Å². The van der Waals surface area contributed by atoms with Gasteiger partial charge in [-0.3, -0.25) is 9.59 Å². The van der Waals surface area contributed by atoms with Gasteiger partial charge < -0.3 is 16.0 Å². The maximum atomic E-state index is 12.1. The van der Waals surface area contributed by atoms with E-state index in [-0.39, 0.29) is 17.7 Å². The lowest BCUT2D eigenvalue weighted by Crippen LogP contribution is -2.48. The van der Waals surface area contributed by atoms with Crippen molar-refractivity contribution in [1.82, 2.24) is 10.2 Å². The first kappa shape index (κ1) is 16.0. The number of hydrogen-bond donors (Lipinski definition) is 2. The first-order valence-corrected chi connectivity index (χ1v) is 7.36. The molecule has 19 heavy (non-hydrogen) atoms. The topological polar surface area (TPSA) is 75.4 Å². The summed E-state index contributed by atoms with van der Waals surface area (Å²) < 4.78 is 0. The first-order chi connectivity index (χ1) is 9.08. The standard InChI is InChI=1S/C14H27N3O2/c1-3-12(10-15)9-13(18)16-11(2)14(19)17-7-5-4-6-8-17/h11-12H,3-10,15H2,1-2H3,(H,16,18). The third kappa shape index (κ3) is 5.19. The van der Waals surface area contributed by atoms with Crippen LogP contribution in [0, 0.1) is 5.92 Å². The Hall–Kier alpha value is -1.10. The van der Waals surface area contributed by atoms with Crippen molar-refractivity contribution in [3.63, 3.8) is 0 Å². The van der Waals surface area contributed by atoms with Gasteiger partial charge in [-0.05, 0) is 38.6 Å². The number of nitrogens with one attached hydrogen (secondary N) is 1. The van der Waals surface area contributed by atoms with Crippen molar-refractivity contribution in [1.29, 1.82) is 0 Å². The second-order valence-corrected chi connectivity index (χ2v) is 5.39. The van der Waals surface area contributed by atoms with E-state index < -0.39 is 6.04 Å². The molecule has 1 heterocycles. The lowest BCUT2D eigenvalue weighted by molar-refractivity contribution is -0.136. The van der Waals surface area contributed by atoms with Crippen LogP contribution in [0.4, 0.5) is 0 Å². The molecule has 0 spiro atoms. The maximum Gasteiger partial charge on any atom is 0.244 e. The molecular weight excluding hydrogens is 242 g/mol. The van der Waals surface area contributed by atoms with Crippen molar-refractivity contribution >= 4 is 11.8 Å². The van der Waals surface area contributed by atoms with Gasteiger partial charge in [-0.1, -0.05) is 13.3 Å². The summed E-state index contributed by atoms with van der Waals surface area (Å²) in [5.41, 5.74) is 5.58. The summed E-state index contributed by atoms with van der Waals surface area (Å²) in [5.74, 6) is 0.168. The summed E-state index contributed by atoms with van der Waals surface area (Å²) >= 11 is 0. The second-order valence-electron chi connectivity index (χ2n) is 5.39. The Morgan fingerprint density at radius 2 is 1.89 bits per heavy atom. The highest BCUT2D eigenvalue weighted by atomic mass is 16.2. The number of amides is 2. The summed E-state index contributed by atoms with van der Waals surface area (Å²) in [4.78, 5) is 25.8. The van der Waals surface area contributed by atoms with Crippen LogP contribution in [0.15, 0.2) is 0 Å². The fourth-order valence-corrected chi connectivity index (χ4v) is 2.41. The third-order valence-electron chi connectivity index (χ3n) is 3.80. The molecule has 1 aliphatic rings. The Morgan fingerprint density at radius 1 is 1.26 bits per heavy atom. The lowest BCUT2D eigenvalue weighted by atomic mass is 10.0. The van der Waals surface area contributed by atoms with Crippen LogP contribution in [-0.2, 0) is 9.59 Å². The van der Waals surface area contributed by atoms with Crippen LogP contribution in [0.1, 0.15) is 46.0 Å². The number of nitrogens with zero attached hydrogens (tertiary/aromatic N) is 1. The number of rotatable bonds is 6. The van der Waals surface area contributed by atoms with E-state index in [9.17, 15) is 9.59 Å². The van der Waals surface area contributed by atoms with Crippen molar-refractivity contribution < 1.29 is 9.59 Å². The average molecular weight is 269 g/mol. The van der Waals surface area contributed by atoms with Crippen molar-refractivity contribution in [2.24, 2.45) is 11.7 Å². The summed E-state index contributed by atoms with van der Waals surface area (Å²) in [5, 5.41) is 2.79. The van der Waals surface area contributed by atoms with E-state index in [2.05, 4.69) is 5.32 Å². The molecule has 2 amide bonds. The van der Waals surface area contributed by atoms with Gasteiger partial charge in [0.1, 0.15) is 6.04 Å². The van der Waals surface area contributed by atoms with Crippen LogP contribution in [0.5, 0.6) is 0 Å². The summed E-state index contributed by atoms with van der Waals surface area (Å²) in [7, 11) is 0. The molecule has 0 bridgehead atoms. The van der Waals surface area contributed by atoms with E-state index in [1.807, 2.05) is 11.8 Å². The van der Waals surface area contributed by atoms with Crippen molar-refractivity contribution in [2.75, 3.05) is 19.6 Å². The fourth-order valence-electron chi connectivity index (χ4n) is 2.41. The van der Waals surface area contributed by atoms with E-state index in [1.165, 1.54) is 6.42 Å². The summed E-state index contributed by atoms with van der Waals surface area (Å²) in [6, 6.07) is -0.430. The predicted octanol–water partition coefficient (Wildman–Crippen LogP) is 0.879. The molecule has 0 aliphatic carbocycles. The zero-order valence-electron chi connectivity index (χ0n) is 12.2. The van der Waals surface area contributed by atoms with Crippen molar-refractivity contribution in [3.8, 4) is 0 Å². The number of likely N-dealkylation sites (tertiary alicyclic amines) is 1. The number of carbonyl (C=O) groups excluding carboxylic acids is 2. The lowest BCUT2D eigenvalue weighted by Gasteiger charge is -2.29. The molecule has 0 aromatic rings.